The van der Waals surface area contributed by atoms with Gasteiger partial charge >= 0.3 is 23.9 Å². The molecule has 8 heteroatoms. The molecule has 0 aliphatic carbocycles. The molecule has 0 heterocycles. The Kier molecular flexibility index (Phi) is 6.75. The molecule has 28 heavy (non-hydrogen) atoms. The molecular weight excluding hydrogens is 368 g/mol. The molecule has 0 fully saturated rings. The van der Waals surface area contributed by atoms with Crippen LogP contribution in [0.15, 0.2) is 48.5 Å². The molecule has 0 radical (unpaired) electrons. The van der Waals surface area contributed by atoms with Gasteiger partial charge in [0.1, 0.15) is 0 Å². The Bertz CT molecular complexity index is 808. The lowest BCUT2D eigenvalue weighted by atomic mass is 10.1. The van der Waals surface area contributed by atoms with E-state index in [2.05, 4.69) is 9.47 Å². The molecule has 0 saturated carbocycles. The molecule has 2 aromatic carbocycles. The molecule has 0 aromatic heterocycles. The minimum atomic E-state index is -2.41. The number of carbonyl (C=O) groups excluding carboxylic acids is 4. The second-order valence-corrected chi connectivity index (χ2v) is 6.04. The van der Waals surface area contributed by atoms with Gasteiger partial charge in [-0.1, -0.05) is 35.4 Å². The van der Waals surface area contributed by atoms with Crippen molar-refractivity contribution in [1.82, 2.24) is 0 Å². The van der Waals surface area contributed by atoms with Crippen molar-refractivity contribution in [3.8, 4) is 0 Å². The highest BCUT2D eigenvalue weighted by atomic mass is 16.6. The van der Waals surface area contributed by atoms with E-state index in [1.165, 1.54) is 24.3 Å². The fraction of sp³-hybridized carbons (Fsp3) is 0.200. The Labute approximate surface area is 160 Å². The molecular formula is C20H18O8. The molecule has 2 N–H and O–H groups in total. The van der Waals surface area contributed by atoms with Crippen LogP contribution in [0.3, 0.4) is 0 Å². The van der Waals surface area contributed by atoms with Crippen molar-refractivity contribution >= 4 is 23.9 Å². The monoisotopic (exact) mass is 386 g/mol. The van der Waals surface area contributed by atoms with E-state index in [1.54, 1.807) is 38.1 Å². The summed E-state index contributed by atoms with van der Waals surface area (Å²) in [5, 5.41) is 19.5. The number of hydrogen-bond donors (Lipinski definition) is 2. The molecule has 0 saturated heterocycles. The van der Waals surface area contributed by atoms with Crippen molar-refractivity contribution in [2.75, 3.05) is 0 Å². The summed E-state index contributed by atoms with van der Waals surface area (Å²) in [6, 6.07) is 12.1. The molecule has 0 aliphatic heterocycles. The van der Waals surface area contributed by atoms with Crippen molar-refractivity contribution in [3.05, 3.63) is 70.8 Å². The van der Waals surface area contributed by atoms with Crippen molar-refractivity contribution in [2.45, 2.75) is 26.1 Å². The molecule has 0 bridgehead atoms. The fourth-order valence-electron chi connectivity index (χ4n) is 2.06. The molecule has 146 valence electrons. The van der Waals surface area contributed by atoms with Gasteiger partial charge in [0.05, 0.1) is 11.1 Å². The smallest absolute Gasteiger partial charge is 0.346 e. The summed E-state index contributed by atoms with van der Waals surface area (Å²) in [5.41, 5.74) is 1.83. The van der Waals surface area contributed by atoms with E-state index in [-0.39, 0.29) is 11.1 Å². The van der Waals surface area contributed by atoms with E-state index >= 15 is 0 Å². The average Bonchev–Trinajstić information content (AvgIpc) is 2.67. The first-order chi connectivity index (χ1) is 13.2. The van der Waals surface area contributed by atoms with Gasteiger partial charge in [0.2, 0.25) is 0 Å². The second-order valence-electron chi connectivity index (χ2n) is 6.04. The zero-order chi connectivity index (χ0) is 20.8. The lowest BCUT2D eigenvalue weighted by Gasteiger charge is -2.14. The van der Waals surface area contributed by atoms with E-state index < -0.39 is 36.1 Å². The Hall–Kier alpha value is -3.36. The highest BCUT2D eigenvalue weighted by Gasteiger charge is 2.35. The minimum absolute atomic E-state index is 0.0396. The predicted molar refractivity (Wildman–Crippen MR) is 95.2 cm³/mol. The van der Waals surface area contributed by atoms with E-state index in [0.29, 0.717) is 0 Å². The van der Waals surface area contributed by atoms with E-state index in [4.69, 9.17) is 0 Å². The molecule has 1 unspecified atom stereocenters. The van der Waals surface area contributed by atoms with Crippen LogP contribution in [0.5, 0.6) is 0 Å². The van der Waals surface area contributed by atoms with Crippen LogP contribution < -0.4 is 0 Å². The number of esters is 4. The molecule has 2 rings (SSSR count). The standard InChI is InChI=1S/C20H18O8/c1-11-3-7-13(8-4-11)17(23)27-19(25)15(21)16(22)20(26)28-18(24)14-9-5-12(2)6-10-14/h3-10,15-16,21-22H,1-2H3/t15-,16?/m1/s1. The lowest BCUT2D eigenvalue weighted by molar-refractivity contribution is -0.166. The van der Waals surface area contributed by atoms with Gasteiger partial charge in [-0.3, -0.25) is 0 Å². The molecule has 2 atom stereocenters. The quantitative estimate of drug-likeness (QED) is 0.577. The van der Waals surface area contributed by atoms with Gasteiger partial charge in [-0.2, -0.15) is 0 Å². The van der Waals surface area contributed by atoms with Gasteiger partial charge in [0, 0.05) is 0 Å². The number of hydrogen-bond acceptors (Lipinski definition) is 8. The Morgan fingerprint density at radius 2 is 0.929 bits per heavy atom. The summed E-state index contributed by atoms with van der Waals surface area (Å²) in [7, 11) is 0. The number of benzene rings is 2. The van der Waals surface area contributed by atoms with Gasteiger partial charge in [0.15, 0.2) is 12.2 Å². The number of aliphatic hydroxyl groups is 2. The Balaban J connectivity index is 1.95. The highest BCUT2D eigenvalue weighted by molar-refractivity contribution is 6.01. The number of aliphatic hydroxyl groups excluding tert-OH is 2. The van der Waals surface area contributed by atoms with Crippen LogP contribution in [0, 0.1) is 13.8 Å². The molecule has 8 nitrogen and oxygen atoms in total. The van der Waals surface area contributed by atoms with Gasteiger partial charge in [-0.05, 0) is 38.1 Å². The highest BCUT2D eigenvalue weighted by Crippen LogP contribution is 2.09. The third kappa shape index (κ3) is 5.32. The van der Waals surface area contributed by atoms with Crippen LogP contribution in [-0.4, -0.2) is 46.3 Å². The maximum atomic E-state index is 11.8. The SMILES string of the molecule is Cc1ccc(C(=O)OC(=O)C(O)[C@@H](O)C(=O)OC(=O)c2ccc(C)cc2)cc1. The number of aryl methyl sites for hydroxylation is 2. The normalized spacial score (nSPS) is 12.6. The number of rotatable bonds is 5. The van der Waals surface area contributed by atoms with Gasteiger partial charge in [0.25, 0.3) is 0 Å². The molecule has 0 aliphatic rings. The van der Waals surface area contributed by atoms with Gasteiger partial charge in [-0.15, -0.1) is 0 Å². The first-order valence-corrected chi connectivity index (χ1v) is 8.20. The molecule has 0 spiro atoms. The average molecular weight is 386 g/mol. The fourth-order valence-corrected chi connectivity index (χ4v) is 2.06. The number of carbonyl (C=O) groups is 4. The largest absolute Gasteiger partial charge is 0.387 e. The van der Waals surface area contributed by atoms with E-state index in [1.807, 2.05) is 0 Å². The topological polar surface area (TPSA) is 127 Å². The Morgan fingerprint density at radius 1 is 0.643 bits per heavy atom. The first kappa shape index (κ1) is 20.9. The van der Waals surface area contributed by atoms with Crippen molar-refractivity contribution in [3.63, 3.8) is 0 Å². The minimum Gasteiger partial charge on any atom is -0.387 e. The summed E-state index contributed by atoms with van der Waals surface area (Å²) in [4.78, 5) is 47.3. The summed E-state index contributed by atoms with van der Waals surface area (Å²) in [6.45, 7) is 3.59. The van der Waals surface area contributed by atoms with Crippen LogP contribution in [0.4, 0.5) is 0 Å². The van der Waals surface area contributed by atoms with E-state index in [9.17, 15) is 29.4 Å². The zero-order valence-electron chi connectivity index (χ0n) is 15.1. The summed E-state index contributed by atoms with van der Waals surface area (Å²) >= 11 is 0. The van der Waals surface area contributed by atoms with Crippen molar-refractivity contribution < 1.29 is 38.9 Å². The summed E-state index contributed by atoms with van der Waals surface area (Å²) in [5.74, 6) is -5.25. The van der Waals surface area contributed by atoms with E-state index in [0.717, 1.165) is 11.1 Å². The summed E-state index contributed by atoms with van der Waals surface area (Å²) in [6.07, 6.45) is -4.82. The van der Waals surface area contributed by atoms with Crippen LogP contribution in [0.1, 0.15) is 31.8 Å². The zero-order valence-corrected chi connectivity index (χ0v) is 15.1. The van der Waals surface area contributed by atoms with Crippen molar-refractivity contribution in [2.24, 2.45) is 0 Å². The third-order valence-corrected chi connectivity index (χ3v) is 3.74. The van der Waals surface area contributed by atoms with Crippen LogP contribution in [0.25, 0.3) is 0 Å². The third-order valence-electron chi connectivity index (χ3n) is 3.74. The predicted octanol–water partition coefficient (Wildman–Crippen LogP) is 1.09. The lowest BCUT2D eigenvalue weighted by Crippen LogP contribution is -2.43. The first-order valence-electron chi connectivity index (χ1n) is 8.20. The maximum Gasteiger partial charge on any atom is 0.346 e. The summed E-state index contributed by atoms with van der Waals surface area (Å²) < 4.78 is 8.86. The number of ether oxygens (including phenoxy) is 2. The van der Waals surface area contributed by atoms with Crippen molar-refractivity contribution in [1.29, 1.82) is 0 Å². The molecule has 2 aromatic rings. The van der Waals surface area contributed by atoms with Gasteiger partial charge in [-0.25, -0.2) is 19.2 Å². The van der Waals surface area contributed by atoms with Gasteiger partial charge < -0.3 is 19.7 Å². The Morgan fingerprint density at radius 3 is 1.21 bits per heavy atom. The maximum absolute atomic E-state index is 11.8. The van der Waals surface area contributed by atoms with Crippen LogP contribution in [-0.2, 0) is 19.1 Å². The van der Waals surface area contributed by atoms with Crippen LogP contribution in [0.2, 0.25) is 0 Å². The molecule has 0 amide bonds. The van der Waals surface area contributed by atoms with Crippen LogP contribution >= 0.6 is 0 Å². The second kappa shape index (κ2) is 9.03.